The summed E-state index contributed by atoms with van der Waals surface area (Å²) in [6, 6.07) is -1.47. The van der Waals surface area contributed by atoms with Crippen molar-refractivity contribution in [2.24, 2.45) is 11.8 Å². The lowest BCUT2D eigenvalue weighted by Crippen LogP contribution is -2.58. The smallest absolute Gasteiger partial charge is 0.480 e. The number of rotatable bonds is 8. The average molecular weight is 440 g/mol. The van der Waals surface area contributed by atoms with Gasteiger partial charge in [0.25, 0.3) is 0 Å². The molecule has 1 fully saturated rings. The van der Waals surface area contributed by atoms with E-state index in [4.69, 9.17) is 9.90 Å². The Morgan fingerprint density at radius 3 is 2.03 bits per heavy atom. The van der Waals surface area contributed by atoms with E-state index in [2.05, 4.69) is 10.6 Å². The Morgan fingerprint density at radius 2 is 1.70 bits per heavy atom. The summed E-state index contributed by atoms with van der Waals surface area (Å²) in [7, 11) is 0. The third kappa shape index (κ3) is 8.70. The third-order valence-electron chi connectivity index (χ3n) is 5.00. The van der Waals surface area contributed by atoms with Gasteiger partial charge >= 0.3 is 18.1 Å². The van der Waals surface area contributed by atoms with Gasteiger partial charge in [-0.2, -0.15) is 13.2 Å². The first-order valence-electron chi connectivity index (χ1n) is 9.66. The maximum atomic E-state index is 11.6. The van der Waals surface area contributed by atoms with Crippen molar-refractivity contribution in [3.05, 3.63) is 12.2 Å². The van der Waals surface area contributed by atoms with Gasteiger partial charge in [0, 0.05) is 13.0 Å². The highest BCUT2D eigenvalue weighted by molar-refractivity contribution is 5.75. The number of carbonyl (C=O) groups is 3. The fraction of sp³-hybridized carbons (Fsp3) is 0.737. The number of alkyl halides is 3. The fourth-order valence-corrected chi connectivity index (χ4v) is 3.52. The van der Waals surface area contributed by atoms with Crippen LogP contribution < -0.4 is 10.6 Å². The number of allylic oxidation sites excluding steroid dienone is 1. The van der Waals surface area contributed by atoms with E-state index in [0.29, 0.717) is 6.42 Å². The topological polar surface area (TPSA) is 136 Å². The van der Waals surface area contributed by atoms with Gasteiger partial charge in [-0.15, -0.1) is 0 Å². The molecule has 0 aromatic rings. The minimum absolute atomic E-state index is 0.0398. The second kappa shape index (κ2) is 12.5. The lowest BCUT2D eigenvalue weighted by molar-refractivity contribution is -0.192. The van der Waals surface area contributed by atoms with Crippen molar-refractivity contribution >= 4 is 17.8 Å². The van der Waals surface area contributed by atoms with Crippen LogP contribution in [0.4, 0.5) is 13.2 Å². The third-order valence-corrected chi connectivity index (χ3v) is 5.00. The Bertz CT molecular complexity index is 608. The van der Waals surface area contributed by atoms with Crippen LogP contribution in [0.15, 0.2) is 12.2 Å². The molecule has 0 aromatic heterocycles. The van der Waals surface area contributed by atoms with Crippen molar-refractivity contribution in [3.63, 3.8) is 0 Å². The Hall–Kier alpha value is -2.14. The van der Waals surface area contributed by atoms with E-state index in [1.165, 1.54) is 6.92 Å². The number of carbonyl (C=O) groups excluding carboxylic acids is 1. The van der Waals surface area contributed by atoms with Gasteiger partial charge in [-0.3, -0.25) is 14.9 Å². The second-order valence-corrected chi connectivity index (χ2v) is 7.11. The van der Waals surface area contributed by atoms with Gasteiger partial charge in [-0.25, -0.2) is 4.79 Å². The Kier molecular flexibility index (Phi) is 11.6. The molecule has 30 heavy (non-hydrogen) atoms. The fourth-order valence-electron chi connectivity index (χ4n) is 3.52. The van der Waals surface area contributed by atoms with Crippen molar-refractivity contribution in [2.45, 2.75) is 77.4 Å². The molecule has 0 saturated carbocycles. The van der Waals surface area contributed by atoms with Gasteiger partial charge in [0.05, 0.1) is 12.1 Å². The molecule has 8 nitrogen and oxygen atoms in total. The first kappa shape index (κ1) is 27.9. The summed E-state index contributed by atoms with van der Waals surface area (Å²) in [4.78, 5) is 31.8. The highest BCUT2D eigenvalue weighted by Gasteiger charge is 2.44. The number of carboxylic acids is 2. The molecule has 0 unspecified atom stereocenters. The van der Waals surface area contributed by atoms with Gasteiger partial charge in [-0.05, 0) is 25.2 Å². The van der Waals surface area contributed by atoms with Crippen molar-refractivity contribution in [1.82, 2.24) is 10.6 Å². The van der Waals surface area contributed by atoms with E-state index < -0.39 is 36.3 Å². The summed E-state index contributed by atoms with van der Waals surface area (Å²) in [5.41, 5.74) is 0. The lowest BCUT2D eigenvalue weighted by Gasteiger charge is -2.35. The molecule has 0 aromatic carbocycles. The van der Waals surface area contributed by atoms with E-state index in [-0.39, 0.29) is 23.8 Å². The molecule has 1 rings (SSSR count). The van der Waals surface area contributed by atoms with Gasteiger partial charge in [0.15, 0.2) is 0 Å². The maximum absolute atomic E-state index is 11.6. The predicted octanol–water partition coefficient (Wildman–Crippen LogP) is 1.93. The van der Waals surface area contributed by atoms with Crippen molar-refractivity contribution in [1.29, 1.82) is 0 Å². The Labute approximate surface area is 173 Å². The van der Waals surface area contributed by atoms with Gasteiger partial charge in [0.2, 0.25) is 5.91 Å². The first-order chi connectivity index (χ1) is 13.8. The van der Waals surface area contributed by atoms with Crippen LogP contribution in [0.1, 0.15) is 47.0 Å². The molecule has 0 spiro atoms. The average Bonchev–Trinajstić information content (AvgIpc) is 3.04. The molecular formula is C19H31F3N2O6. The molecule has 0 radical (unpaired) electrons. The van der Waals surface area contributed by atoms with E-state index >= 15 is 0 Å². The van der Waals surface area contributed by atoms with Crippen LogP contribution >= 0.6 is 0 Å². The highest BCUT2D eigenvalue weighted by atomic mass is 19.4. The largest absolute Gasteiger partial charge is 0.490 e. The molecular weight excluding hydrogens is 409 g/mol. The predicted molar refractivity (Wildman–Crippen MR) is 103 cm³/mol. The number of hydrogen-bond acceptors (Lipinski definition) is 5. The molecule has 174 valence electrons. The monoisotopic (exact) mass is 440 g/mol. The van der Waals surface area contributed by atoms with Crippen molar-refractivity contribution < 1.29 is 42.9 Å². The van der Waals surface area contributed by atoms with Crippen LogP contribution in [-0.2, 0) is 14.4 Å². The summed E-state index contributed by atoms with van der Waals surface area (Å²) in [5, 5.41) is 33.1. The number of amides is 1. The summed E-state index contributed by atoms with van der Waals surface area (Å²) in [5.74, 6) is -3.86. The zero-order chi connectivity index (χ0) is 23.6. The zero-order valence-corrected chi connectivity index (χ0v) is 17.4. The number of aliphatic carboxylic acids is 2. The number of carboxylic acid groups (broad SMARTS) is 2. The minimum atomic E-state index is -5.08. The van der Waals surface area contributed by atoms with E-state index in [0.717, 1.165) is 12.8 Å². The van der Waals surface area contributed by atoms with Crippen molar-refractivity contribution in [2.75, 3.05) is 0 Å². The summed E-state index contributed by atoms with van der Waals surface area (Å²) in [6.07, 6.45) is 0.101. The van der Waals surface area contributed by atoms with Crippen LogP contribution in [0.5, 0.6) is 0 Å². The molecule has 0 aliphatic carbocycles. The second-order valence-electron chi connectivity index (χ2n) is 7.11. The van der Waals surface area contributed by atoms with Crippen LogP contribution in [-0.4, -0.2) is 63.6 Å². The van der Waals surface area contributed by atoms with Crippen molar-refractivity contribution in [3.8, 4) is 0 Å². The van der Waals surface area contributed by atoms with Gasteiger partial charge in [0.1, 0.15) is 6.04 Å². The first-order valence-corrected chi connectivity index (χ1v) is 9.66. The number of aliphatic hydroxyl groups is 1. The molecule has 1 amide bonds. The Balaban J connectivity index is 0.00000103. The molecule has 5 N–H and O–H groups in total. The summed E-state index contributed by atoms with van der Waals surface area (Å²) < 4.78 is 31.7. The van der Waals surface area contributed by atoms with Crippen LogP contribution in [0, 0.1) is 11.8 Å². The quantitative estimate of drug-likeness (QED) is 0.364. The number of aliphatic hydroxyl groups excluding tert-OH is 1. The number of halogens is 3. The molecule has 0 bridgehead atoms. The van der Waals surface area contributed by atoms with Crippen LogP contribution in [0.2, 0.25) is 0 Å². The van der Waals surface area contributed by atoms with Crippen LogP contribution in [0.25, 0.3) is 0 Å². The molecule has 1 aliphatic rings. The molecule has 11 heteroatoms. The molecule has 1 aliphatic heterocycles. The SMILES string of the molecule is C/C=C\[C@@H]1C[C@H](C(=O)O)N[C@H]1[C@@H](NC(C)=O)[C@@H](O)C(CC)CC.O=C(O)C(F)(F)F. The van der Waals surface area contributed by atoms with E-state index in [9.17, 15) is 33.0 Å². The Morgan fingerprint density at radius 1 is 1.20 bits per heavy atom. The molecule has 1 saturated heterocycles. The molecule has 5 atom stereocenters. The highest BCUT2D eigenvalue weighted by Crippen LogP contribution is 2.29. The van der Waals surface area contributed by atoms with Crippen LogP contribution in [0.3, 0.4) is 0 Å². The number of nitrogens with one attached hydrogen (secondary N) is 2. The van der Waals surface area contributed by atoms with Gasteiger partial charge < -0.3 is 20.6 Å². The lowest BCUT2D eigenvalue weighted by atomic mass is 9.83. The maximum Gasteiger partial charge on any atom is 0.490 e. The summed E-state index contributed by atoms with van der Waals surface area (Å²) >= 11 is 0. The normalized spacial score (nSPS) is 23.6. The molecule has 1 heterocycles. The number of hydrogen-bond donors (Lipinski definition) is 5. The minimum Gasteiger partial charge on any atom is -0.480 e. The zero-order valence-electron chi connectivity index (χ0n) is 17.4. The van der Waals surface area contributed by atoms with E-state index in [1.54, 1.807) is 0 Å². The standard InChI is InChI=1S/C17H30N2O4.C2HF3O2/c1-5-8-12-9-13(17(22)23)19-14(12)15(18-10(4)20)16(21)11(6-2)7-3;3-2(4,5)1(6)7/h5,8,11-16,19,21H,6-7,9H2,1-4H3,(H,18,20)(H,22,23);(H,6,7)/b8-5-;/t12-,13-,14-,15-,16+;/m1./s1. The van der Waals surface area contributed by atoms with Gasteiger partial charge in [-0.1, -0.05) is 38.8 Å². The summed E-state index contributed by atoms with van der Waals surface area (Å²) in [6.45, 7) is 7.32. The van der Waals surface area contributed by atoms with E-state index in [1.807, 2.05) is 32.9 Å².